The number of aliphatic hydroxyl groups is 1. The summed E-state index contributed by atoms with van der Waals surface area (Å²) < 4.78 is 18.8. The highest BCUT2D eigenvalue weighted by atomic mass is 16.5. The highest BCUT2D eigenvalue weighted by molar-refractivity contribution is 5.75. The lowest BCUT2D eigenvalue weighted by atomic mass is 9.88. The third kappa shape index (κ3) is 3.94. The van der Waals surface area contributed by atoms with E-state index >= 15 is 0 Å². The zero-order valence-electron chi connectivity index (χ0n) is 17.7. The highest BCUT2D eigenvalue weighted by Gasteiger charge is 2.40. The fourth-order valence-electron chi connectivity index (χ4n) is 3.93. The molecule has 1 aliphatic rings. The van der Waals surface area contributed by atoms with Gasteiger partial charge in [0.05, 0.1) is 43.9 Å². The van der Waals surface area contributed by atoms with E-state index in [-0.39, 0.29) is 6.10 Å². The molecule has 160 valence electrons. The van der Waals surface area contributed by atoms with Gasteiger partial charge in [0.25, 0.3) is 0 Å². The van der Waals surface area contributed by atoms with Crippen LogP contribution in [-0.4, -0.2) is 48.0 Å². The molecule has 0 aliphatic carbocycles. The Hall–Kier alpha value is -2.45. The van der Waals surface area contributed by atoms with Gasteiger partial charge in [0.15, 0.2) is 11.4 Å². The topological polar surface area (TPSA) is 77.2 Å². The van der Waals surface area contributed by atoms with E-state index in [2.05, 4.69) is 5.32 Å². The van der Waals surface area contributed by atoms with Crippen LogP contribution < -0.4 is 5.32 Å². The summed E-state index contributed by atoms with van der Waals surface area (Å²) in [5, 5.41) is 15.0. The molecule has 30 heavy (non-hydrogen) atoms. The van der Waals surface area contributed by atoms with Gasteiger partial charge >= 0.3 is 0 Å². The molecule has 2 atom stereocenters. The zero-order chi connectivity index (χ0) is 21.1. The zero-order valence-corrected chi connectivity index (χ0v) is 17.7. The third-order valence-electron chi connectivity index (χ3n) is 5.69. The normalized spacial score (nSPS) is 20.9. The highest BCUT2D eigenvalue weighted by Crippen LogP contribution is 2.44. The van der Waals surface area contributed by atoms with Crippen molar-refractivity contribution in [2.75, 3.05) is 38.9 Å². The standard InChI is InChI=1S/C23H29N3O4/c1-16-17(2)26-10-9-19-20(30-14-13-29-12-11-28-3)15-23(27,18-7-5-4-6-8-18)25-21(19)22(26)24-16/h4-10,20,25,27H,11-15H2,1-3H3/t20-,23+/m0/s1. The Kier molecular flexibility index (Phi) is 6.06. The number of hydrogen-bond donors (Lipinski definition) is 2. The van der Waals surface area contributed by atoms with E-state index in [9.17, 15) is 5.11 Å². The minimum atomic E-state index is -1.26. The molecule has 0 amide bonds. The van der Waals surface area contributed by atoms with Crippen molar-refractivity contribution in [3.05, 3.63) is 65.1 Å². The van der Waals surface area contributed by atoms with E-state index in [0.717, 1.165) is 33.8 Å². The van der Waals surface area contributed by atoms with Gasteiger partial charge in [-0.3, -0.25) is 0 Å². The van der Waals surface area contributed by atoms with E-state index < -0.39 is 5.72 Å². The molecule has 7 heteroatoms. The van der Waals surface area contributed by atoms with Gasteiger partial charge < -0.3 is 29.0 Å². The Morgan fingerprint density at radius 1 is 1.13 bits per heavy atom. The molecule has 0 fully saturated rings. The third-order valence-corrected chi connectivity index (χ3v) is 5.69. The fraction of sp³-hybridized carbons (Fsp3) is 0.435. The number of methoxy groups -OCH3 is 1. The molecule has 2 N–H and O–H groups in total. The van der Waals surface area contributed by atoms with Crippen LogP contribution >= 0.6 is 0 Å². The van der Waals surface area contributed by atoms with Crippen LogP contribution in [0, 0.1) is 13.8 Å². The summed E-state index contributed by atoms with van der Waals surface area (Å²) in [4.78, 5) is 4.75. The fourth-order valence-corrected chi connectivity index (χ4v) is 3.93. The first-order chi connectivity index (χ1) is 14.5. The van der Waals surface area contributed by atoms with Crippen LogP contribution in [0.15, 0.2) is 42.6 Å². The molecule has 0 bridgehead atoms. The number of ether oxygens (including phenoxy) is 3. The van der Waals surface area contributed by atoms with Crippen molar-refractivity contribution in [1.29, 1.82) is 0 Å². The van der Waals surface area contributed by atoms with Gasteiger partial charge in [-0.15, -0.1) is 0 Å². The monoisotopic (exact) mass is 411 g/mol. The molecule has 0 saturated carbocycles. The maximum absolute atomic E-state index is 11.6. The molecule has 3 aromatic rings. The van der Waals surface area contributed by atoms with E-state index in [4.69, 9.17) is 19.2 Å². The number of aryl methyl sites for hydroxylation is 2. The van der Waals surface area contributed by atoms with Crippen LogP contribution in [0.2, 0.25) is 0 Å². The second kappa shape index (κ2) is 8.73. The van der Waals surface area contributed by atoms with Gasteiger partial charge in [0, 0.05) is 36.5 Å². The number of benzene rings is 1. The van der Waals surface area contributed by atoms with E-state index in [0.29, 0.717) is 32.8 Å². The Balaban J connectivity index is 1.66. The first kappa shape index (κ1) is 20.8. The molecule has 0 unspecified atom stereocenters. The van der Waals surface area contributed by atoms with Crippen LogP contribution in [-0.2, 0) is 19.9 Å². The molecule has 1 aliphatic heterocycles. The Morgan fingerprint density at radius 2 is 1.90 bits per heavy atom. The average molecular weight is 412 g/mol. The summed E-state index contributed by atoms with van der Waals surface area (Å²) >= 11 is 0. The first-order valence-corrected chi connectivity index (χ1v) is 10.3. The van der Waals surface area contributed by atoms with Gasteiger partial charge in [-0.1, -0.05) is 30.3 Å². The Morgan fingerprint density at radius 3 is 2.67 bits per heavy atom. The minimum absolute atomic E-state index is 0.292. The van der Waals surface area contributed by atoms with E-state index in [1.807, 2.05) is 60.8 Å². The SMILES string of the molecule is COCCOCCO[C@H]1C[C@@](O)(c2ccccc2)Nc2c1ccn1c(C)c(C)nc21. The van der Waals surface area contributed by atoms with Crippen molar-refractivity contribution >= 4 is 11.3 Å². The quantitative estimate of drug-likeness (QED) is 0.554. The molecule has 7 nitrogen and oxygen atoms in total. The molecule has 0 spiro atoms. The number of fused-ring (bicyclic) bond motifs is 3. The summed E-state index contributed by atoms with van der Waals surface area (Å²) in [6, 6.07) is 11.7. The number of aromatic nitrogens is 2. The number of nitrogens with one attached hydrogen (secondary N) is 1. The van der Waals surface area contributed by atoms with Crippen LogP contribution in [0.1, 0.15) is 35.0 Å². The summed E-state index contributed by atoms with van der Waals surface area (Å²) in [6.45, 7) is 6.02. The predicted molar refractivity (Wildman–Crippen MR) is 115 cm³/mol. The maximum Gasteiger partial charge on any atom is 0.164 e. The number of hydrogen-bond acceptors (Lipinski definition) is 6. The molecular weight excluding hydrogens is 382 g/mol. The second-order valence-corrected chi connectivity index (χ2v) is 7.64. The van der Waals surface area contributed by atoms with Gasteiger partial charge in [-0.2, -0.15) is 0 Å². The summed E-state index contributed by atoms with van der Waals surface area (Å²) in [5.41, 5.74) is 4.16. The number of imidazole rings is 1. The summed E-state index contributed by atoms with van der Waals surface area (Å²) in [7, 11) is 1.65. The molecule has 0 saturated heterocycles. The van der Waals surface area contributed by atoms with Crippen molar-refractivity contribution < 1.29 is 19.3 Å². The van der Waals surface area contributed by atoms with E-state index in [1.165, 1.54) is 0 Å². The van der Waals surface area contributed by atoms with Gasteiger partial charge in [-0.05, 0) is 19.9 Å². The van der Waals surface area contributed by atoms with Gasteiger partial charge in [-0.25, -0.2) is 4.98 Å². The molecule has 3 heterocycles. The van der Waals surface area contributed by atoms with E-state index in [1.54, 1.807) is 7.11 Å². The van der Waals surface area contributed by atoms with Crippen LogP contribution in [0.4, 0.5) is 5.69 Å². The number of rotatable bonds is 8. The number of anilines is 1. The first-order valence-electron chi connectivity index (χ1n) is 10.3. The summed E-state index contributed by atoms with van der Waals surface area (Å²) in [6.07, 6.45) is 2.11. The lowest BCUT2D eigenvalue weighted by molar-refractivity contribution is -0.0543. The second-order valence-electron chi connectivity index (χ2n) is 7.64. The molecule has 0 radical (unpaired) electrons. The van der Waals surface area contributed by atoms with Crippen LogP contribution in [0.3, 0.4) is 0 Å². The molecule has 4 rings (SSSR count). The maximum atomic E-state index is 11.6. The lowest BCUT2D eigenvalue weighted by Gasteiger charge is -2.40. The predicted octanol–water partition coefficient (Wildman–Crippen LogP) is 3.33. The Bertz CT molecular complexity index is 1000. The molecule has 2 aromatic heterocycles. The molecular formula is C23H29N3O4. The van der Waals surface area contributed by atoms with Crippen molar-refractivity contribution in [2.45, 2.75) is 32.1 Å². The largest absolute Gasteiger partial charge is 0.382 e. The van der Waals surface area contributed by atoms with Crippen LogP contribution in [0.5, 0.6) is 0 Å². The van der Waals surface area contributed by atoms with Crippen molar-refractivity contribution in [2.24, 2.45) is 0 Å². The minimum Gasteiger partial charge on any atom is -0.382 e. The lowest BCUT2D eigenvalue weighted by Crippen LogP contribution is -2.41. The van der Waals surface area contributed by atoms with Crippen molar-refractivity contribution in [3.63, 3.8) is 0 Å². The molecule has 1 aromatic carbocycles. The van der Waals surface area contributed by atoms with Crippen LogP contribution in [0.25, 0.3) is 5.65 Å². The van der Waals surface area contributed by atoms with Crippen molar-refractivity contribution in [1.82, 2.24) is 9.38 Å². The van der Waals surface area contributed by atoms with Gasteiger partial charge in [0.2, 0.25) is 0 Å². The number of nitrogens with zero attached hydrogens (tertiary/aromatic N) is 2. The van der Waals surface area contributed by atoms with Crippen molar-refractivity contribution in [3.8, 4) is 0 Å². The summed E-state index contributed by atoms with van der Waals surface area (Å²) in [5.74, 6) is 0. The smallest absolute Gasteiger partial charge is 0.164 e. The average Bonchev–Trinajstić information content (AvgIpc) is 3.05. The number of pyridine rings is 1. The van der Waals surface area contributed by atoms with Gasteiger partial charge in [0.1, 0.15) is 0 Å². The Labute approximate surface area is 176 Å².